The molecule has 9 heteroatoms. The van der Waals surface area contributed by atoms with Crippen molar-refractivity contribution in [2.45, 2.75) is 41.5 Å². The Hall–Kier alpha value is -3.74. The van der Waals surface area contributed by atoms with Gasteiger partial charge < -0.3 is 15.7 Å². The van der Waals surface area contributed by atoms with Crippen molar-refractivity contribution in [3.63, 3.8) is 0 Å². The Bertz CT molecular complexity index is 1450. The third-order valence-electron chi connectivity index (χ3n) is 6.44. The molecule has 180 valence electrons. The van der Waals surface area contributed by atoms with Crippen molar-refractivity contribution < 1.29 is 23.1 Å². The van der Waals surface area contributed by atoms with E-state index in [9.17, 15) is 28.4 Å². The minimum atomic E-state index is -4.50. The highest BCUT2D eigenvalue weighted by molar-refractivity contribution is 7.93. The molecule has 0 aromatic heterocycles. The van der Waals surface area contributed by atoms with Gasteiger partial charge >= 0.3 is 5.97 Å². The van der Waals surface area contributed by atoms with Crippen LogP contribution in [-0.2, 0) is 25.8 Å². The molecule has 0 saturated carbocycles. The quantitative estimate of drug-likeness (QED) is 0.540. The van der Waals surface area contributed by atoms with Crippen molar-refractivity contribution in [1.29, 1.82) is 5.26 Å². The second-order valence-electron chi connectivity index (χ2n) is 8.74. The van der Waals surface area contributed by atoms with Gasteiger partial charge in [-0.25, -0.2) is 13.2 Å². The minimum absolute atomic E-state index is 0.0974. The number of nitriles is 1. The fraction of sp³-hybridized carbons (Fsp3) is 0.269. The van der Waals surface area contributed by atoms with E-state index in [-0.39, 0.29) is 17.9 Å². The van der Waals surface area contributed by atoms with Gasteiger partial charge in [0.2, 0.25) is 14.7 Å². The van der Waals surface area contributed by atoms with Gasteiger partial charge in [0.15, 0.2) is 0 Å². The monoisotopic (exact) mass is 491 g/mol. The summed E-state index contributed by atoms with van der Waals surface area (Å²) >= 11 is 0. The molecule has 4 rings (SSSR count). The molecule has 1 aliphatic rings. The zero-order valence-electron chi connectivity index (χ0n) is 18.9. The van der Waals surface area contributed by atoms with Crippen LogP contribution in [0.2, 0.25) is 0 Å². The Balaban J connectivity index is 1.86. The molecule has 0 bridgehead atoms. The number of nitrogens with two attached hydrogens (primary N) is 1. The van der Waals surface area contributed by atoms with Crippen molar-refractivity contribution in [2.75, 3.05) is 6.54 Å². The summed E-state index contributed by atoms with van der Waals surface area (Å²) in [5.41, 5.74) is 7.23. The Morgan fingerprint density at radius 2 is 1.80 bits per heavy atom. The number of carbonyl (C=O) groups excluding carboxylic acids is 1. The van der Waals surface area contributed by atoms with E-state index >= 15 is 0 Å². The summed E-state index contributed by atoms with van der Waals surface area (Å²) in [6.45, 7) is 0.0974. The van der Waals surface area contributed by atoms with Gasteiger partial charge in [0.25, 0.3) is 5.91 Å². The summed E-state index contributed by atoms with van der Waals surface area (Å²) in [6, 6.07) is 18.8. The number of benzene rings is 3. The van der Waals surface area contributed by atoms with E-state index in [0.717, 1.165) is 10.3 Å². The molecule has 8 nitrogen and oxygen atoms in total. The lowest BCUT2D eigenvalue weighted by molar-refractivity contribution is -0.153. The Morgan fingerprint density at radius 3 is 2.51 bits per heavy atom. The standard InChI is InChI=1S/C26H25N3O5S/c27-17-19-7-5-6-18(14-19)16-26(28,25(32)29-13-4-3-10-23(29)24(30)31)35(33,34)22-12-11-20-8-1-2-9-21(20)15-22/h1-2,5-9,11-12,14-15,23H,3-4,10,13,16,28H2,(H,30,31)/t23?,26-/m1/s1. The van der Waals surface area contributed by atoms with E-state index in [0.29, 0.717) is 29.4 Å². The third-order valence-corrected chi connectivity index (χ3v) is 8.60. The normalized spacial score (nSPS) is 17.9. The summed E-state index contributed by atoms with van der Waals surface area (Å²) in [6.07, 6.45) is 0.960. The van der Waals surface area contributed by atoms with Crippen LogP contribution in [0.1, 0.15) is 30.4 Å². The number of rotatable bonds is 6. The first-order valence-electron chi connectivity index (χ1n) is 11.2. The maximum atomic E-state index is 14.0. The van der Waals surface area contributed by atoms with Crippen LogP contribution in [0.25, 0.3) is 10.8 Å². The number of hydrogen-bond acceptors (Lipinski definition) is 6. The number of carbonyl (C=O) groups is 2. The second kappa shape index (κ2) is 9.49. The molecule has 2 atom stereocenters. The molecule has 3 aromatic carbocycles. The zero-order chi connectivity index (χ0) is 25.2. The summed E-state index contributed by atoms with van der Waals surface area (Å²) in [5, 5.41) is 20.5. The molecule has 0 aliphatic carbocycles. The van der Waals surface area contributed by atoms with Crippen molar-refractivity contribution in [3.05, 3.63) is 77.9 Å². The molecule has 1 saturated heterocycles. The fourth-order valence-corrected chi connectivity index (χ4v) is 6.21. The maximum absolute atomic E-state index is 14.0. The Labute approximate surface area is 203 Å². The number of likely N-dealkylation sites (tertiary alicyclic amines) is 1. The van der Waals surface area contributed by atoms with E-state index in [1.54, 1.807) is 36.4 Å². The SMILES string of the molecule is N#Cc1cccc(C[C@](N)(C(=O)N2CCCCC2C(=O)O)S(=O)(=O)c2ccc3ccccc3c2)c1. The largest absolute Gasteiger partial charge is 0.480 e. The van der Waals surface area contributed by atoms with Gasteiger partial charge in [-0.15, -0.1) is 0 Å². The Kier molecular flexibility index (Phi) is 6.61. The highest BCUT2D eigenvalue weighted by atomic mass is 32.2. The molecule has 1 amide bonds. The molecule has 0 radical (unpaired) electrons. The molecule has 1 unspecified atom stereocenters. The lowest BCUT2D eigenvalue weighted by Gasteiger charge is -2.39. The first-order valence-corrected chi connectivity index (χ1v) is 12.7. The van der Waals surface area contributed by atoms with E-state index in [1.807, 2.05) is 18.2 Å². The van der Waals surface area contributed by atoms with Gasteiger partial charge in [0, 0.05) is 13.0 Å². The van der Waals surface area contributed by atoms with Gasteiger partial charge in [-0.1, -0.05) is 42.5 Å². The van der Waals surface area contributed by atoms with Crippen LogP contribution in [0.5, 0.6) is 0 Å². The molecular weight excluding hydrogens is 466 g/mol. The number of amides is 1. The molecule has 0 spiro atoms. The van der Waals surface area contributed by atoms with Gasteiger partial charge in [-0.3, -0.25) is 4.79 Å². The number of sulfone groups is 1. The number of piperidine rings is 1. The predicted molar refractivity (Wildman–Crippen MR) is 130 cm³/mol. The van der Waals surface area contributed by atoms with Crippen LogP contribution in [0.3, 0.4) is 0 Å². The second-order valence-corrected chi connectivity index (χ2v) is 10.9. The summed E-state index contributed by atoms with van der Waals surface area (Å²) < 4.78 is 28.1. The molecule has 1 heterocycles. The number of aliphatic carboxylic acids is 1. The number of carboxylic acids is 1. The minimum Gasteiger partial charge on any atom is -0.480 e. The predicted octanol–water partition coefficient (Wildman–Crippen LogP) is 2.85. The fourth-order valence-electron chi connectivity index (χ4n) is 4.56. The van der Waals surface area contributed by atoms with E-state index in [1.165, 1.54) is 18.2 Å². The first kappa shape index (κ1) is 24.4. The van der Waals surface area contributed by atoms with Crippen LogP contribution in [0.4, 0.5) is 0 Å². The third kappa shape index (κ3) is 4.50. The lowest BCUT2D eigenvalue weighted by atomic mass is 9.98. The number of fused-ring (bicyclic) bond motifs is 1. The molecular formula is C26H25N3O5S. The molecule has 3 N–H and O–H groups in total. The summed E-state index contributed by atoms with van der Waals surface area (Å²) in [4.78, 5) is 24.2. The molecule has 1 fully saturated rings. The average molecular weight is 492 g/mol. The molecule has 35 heavy (non-hydrogen) atoms. The maximum Gasteiger partial charge on any atom is 0.326 e. The summed E-state index contributed by atoms with van der Waals surface area (Å²) in [7, 11) is -4.50. The van der Waals surface area contributed by atoms with Crippen LogP contribution in [0, 0.1) is 11.3 Å². The first-order chi connectivity index (χ1) is 16.7. The van der Waals surface area contributed by atoms with Crippen LogP contribution in [0.15, 0.2) is 71.6 Å². The average Bonchev–Trinajstić information content (AvgIpc) is 2.87. The zero-order valence-corrected chi connectivity index (χ0v) is 19.7. The van der Waals surface area contributed by atoms with Crippen LogP contribution in [-0.4, -0.2) is 47.8 Å². The van der Waals surface area contributed by atoms with E-state index < -0.39 is 39.0 Å². The van der Waals surface area contributed by atoms with Crippen LogP contribution < -0.4 is 5.73 Å². The molecule has 3 aromatic rings. The highest BCUT2D eigenvalue weighted by Gasteiger charge is 2.52. The van der Waals surface area contributed by atoms with Gasteiger partial charge in [-0.2, -0.15) is 5.26 Å². The molecule has 1 aliphatic heterocycles. The Morgan fingerprint density at radius 1 is 1.06 bits per heavy atom. The van der Waals surface area contributed by atoms with Gasteiger partial charge in [0.1, 0.15) is 6.04 Å². The van der Waals surface area contributed by atoms with Crippen molar-refractivity contribution in [2.24, 2.45) is 5.73 Å². The van der Waals surface area contributed by atoms with Crippen LogP contribution >= 0.6 is 0 Å². The summed E-state index contributed by atoms with van der Waals surface area (Å²) in [5.74, 6) is -2.16. The van der Waals surface area contributed by atoms with Gasteiger partial charge in [-0.05, 0) is 59.9 Å². The van der Waals surface area contributed by atoms with Crippen molar-refractivity contribution in [3.8, 4) is 6.07 Å². The number of hydrogen-bond donors (Lipinski definition) is 2. The lowest BCUT2D eigenvalue weighted by Crippen LogP contribution is -2.64. The van der Waals surface area contributed by atoms with Gasteiger partial charge in [0.05, 0.1) is 16.5 Å². The van der Waals surface area contributed by atoms with Crippen molar-refractivity contribution >= 4 is 32.5 Å². The number of nitrogens with zero attached hydrogens (tertiary/aromatic N) is 2. The number of carboxylic acid groups (broad SMARTS) is 1. The smallest absolute Gasteiger partial charge is 0.326 e. The van der Waals surface area contributed by atoms with E-state index in [4.69, 9.17) is 5.73 Å². The van der Waals surface area contributed by atoms with Crippen molar-refractivity contribution in [1.82, 2.24) is 4.90 Å². The van der Waals surface area contributed by atoms with E-state index in [2.05, 4.69) is 0 Å². The topological polar surface area (TPSA) is 142 Å². The highest BCUT2D eigenvalue weighted by Crippen LogP contribution is 2.32.